The Morgan fingerprint density at radius 2 is 1.95 bits per heavy atom. The summed E-state index contributed by atoms with van der Waals surface area (Å²) in [5.41, 5.74) is 15.4. The first-order valence-electron chi connectivity index (χ1n) is 7.02. The molecule has 2 aliphatic carbocycles. The molecule has 2 aliphatic rings. The molecule has 0 heterocycles. The number of rotatable bonds is 3. The average Bonchev–Trinajstić information content (AvgIpc) is 2.58. The second-order valence-corrected chi connectivity index (χ2v) is 6.06. The lowest BCUT2D eigenvalue weighted by Gasteiger charge is -2.04. The van der Waals surface area contributed by atoms with Gasteiger partial charge in [-0.25, -0.2) is 0 Å². The van der Waals surface area contributed by atoms with Crippen LogP contribution in [0, 0.1) is 13.8 Å². The quantitative estimate of drug-likeness (QED) is 0.516. The molecule has 0 unspecified atom stereocenters. The molecule has 0 aromatic heterocycles. The third-order valence-electron chi connectivity index (χ3n) is 3.63. The molecule has 0 bridgehead atoms. The summed E-state index contributed by atoms with van der Waals surface area (Å²) in [7, 11) is 0. The van der Waals surface area contributed by atoms with Crippen molar-refractivity contribution < 1.29 is 0 Å². The van der Waals surface area contributed by atoms with Crippen molar-refractivity contribution in [3.63, 3.8) is 0 Å². The number of nitrogens with zero attached hydrogens (tertiary/aromatic N) is 1. The van der Waals surface area contributed by atoms with E-state index in [4.69, 9.17) is 18.0 Å². The Morgan fingerprint density at radius 3 is 2.57 bits per heavy atom. The fourth-order valence-electron chi connectivity index (χ4n) is 2.51. The third-order valence-corrected chi connectivity index (χ3v) is 3.72. The Bertz CT molecular complexity index is 674. The lowest BCUT2D eigenvalue weighted by molar-refractivity contribution is 0.868. The lowest BCUT2D eigenvalue weighted by Crippen LogP contribution is -2.23. The van der Waals surface area contributed by atoms with E-state index < -0.39 is 0 Å². The molecule has 0 amide bonds. The number of hydrogen-bond donors (Lipinski definition) is 2. The van der Waals surface area contributed by atoms with E-state index in [2.05, 4.69) is 62.5 Å². The fraction of sp³-hybridized carbons (Fsp3) is 0.294. The molecule has 0 spiro atoms. The minimum Gasteiger partial charge on any atom is -0.375 e. The molecule has 0 radical (unpaired) electrons. The van der Waals surface area contributed by atoms with E-state index in [0.717, 1.165) is 5.56 Å². The van der Waals surface area contributed by atoms with Gasteiger partial charge in [-0.15, -0.1) is 0 Å². The summed E-state index contributed by atoms with van der Waals surface area (Å²) in [6.07, 6.45) is 1.77. The van der Waals surface area contributed by atoms with Crippen molar-refractivity contribution in [1.82, 2.24) is 5.43 Å². The number of nitrogens with one attached hydrogen (secondary N) is 1. The van der Waals surface area contributed by atoms with E-state index in [-0.39, 0.29) is 5.11 Å². The van der Waals surface area contributed by atoms with Crippen LogP contribution in [0.1, 0.15) is 42.0 Å². The van der Waals surface area contributed by atoms with Crippen LogP contribution in [0.15, 0.2) is 29.4 Å². The number of hydrogen-bond acceptors (Lipinski definition) is 2. The van der Waals surface area contributed by atoms with Crippen molar-refractivity contribution in [2.24, 2.45) is 10.8 Å². The molecule has 0 aliphatic heterocycles. The van der Waals surface area contributed by atoms with E-state index in [1.54, 1.807) is 6.21 Å². The van der Waals surface area contributed by atoms with Crippen LogP contribution in [0.3, 0.4) is 0 Å². The first kappa shape index (κ1) is 15.4. The van der Waals surface area contributed by atoms with E-state index in [1.165, 1.54) is 27.8 Å². The lowest BCUT2D eigenvalue weighted by atomic mass is 10.0. The van der Waals surface area contributed by atoms with E-state index in [1.807, 2.05) is 0 Å². The van der Waals surface area contributed by atoms with Crippen molar-refractivity contribution in [2.75, 3.05) is 0 Å². The molecule has 0 saturated carbocycles. The van der Waals surface area contributed by atoms with Crippen molar-refractivity contribution in [2.45, 2.75) is 33.6 Å². The molecule has 0 fully saturated rings. The highest BCUT2D eigenvalue weighted by atomic mass is 32.1. The van der Waals surface area contributed by atoms with Crippen LogP contribution in [0.5, 0.6) is 0 Å². The van der Waals surface area contributed by atoms with Gasteiger partial charge in [-0.1, -0.05) is 32.0 Å². The molecule has 0 atom stereocenters. The maximum Gasteiger partial charge on any atom is 0.184 e. The normalized spacial score (nSPS) is 11.5. The first-order chi connectivity index (χ1) is 9.90. The van der Waals surface area contributed by atoms with Crippen LogP contribution in [0.25, 0.3) is 11.1 Å². The van der Waals surface area contributed by atoms with Crippen LogP contribution in [-0.4, -0.2) is 11.3 Å². The standard InChI is InChI=1S/C17H21N3S/c1-10(2)13-6-5-11(3)16-14(9-19-20-17(18)21)7-12(4)15(16)8-13/h5-10H,1-4H3,(H3,18,20,21)/b19-9-. The van der Waals surface area contributed by atoms with E-state index in [9.17, 15) is 0 Å². The zero-order valence-electron chi connectivity index (χ0n) is 12.9. The van der Waals surface area contributed by atoms with Gasteiger partial charge in [0.2, 0.25) is 0 Å². The topological polar surface area (TPSA) is 50.4 Å². The summed E-state index contributed by atoms with van der Waals surface area (Å²) in [5, 5.41) is 4.25. The molecule has 3 N–H and O–H groups in total. The van der Waals surface area contributed by atoms with Crippen LogP contribution >= 0.6 is 12.2 Å². The highest BCUT2D eigenvalue weighted by Gasteiger charge is 2.15. The van der Waals surface area contributed by atoms with Crippen molar-refractivity contribution >= 4 is 23.5 Å². The molecule has 3 nitrogen and oxygen atoms in total. The maximum atomic E-state index is 5.38. The first-order valence-corrected chi connectivity index (χ1v) is 7.43. The number of aryl methyl sites for hydroxylation is 2. The number of nitrogens with two attached hydrogens (primary N) is 1. The minimum atomic E-state index is 0.170. The molecule has 21 heavy (non-hydrogen) atoms. The molecular weight excluding hydrogens is 278 g/mol. The zero-order chi connectivity index (χ0) is 15.6. The van der Waals surface area contributed by atoms with Crippen LogP contribution < -0.4 is 11.2 Å². The van der Waals surface area contributed by atoms with Gasteiger partial charge in [-0.2, -0.15) is 5.10 Å². The predicted molar refractivity (Wildman–Crippen MR) is 94.1 cm³/mol. The predicted octanol–water partition coefficient (Wildman–Crippen LogP) is 3.70. The van der Waals surface area contributed by atoms with Crippen LogP contribution in [0.2, 0.25) is 0 Å². The second kappa shape index (κ2) is 6.22. The summed E-state index contributed by atoms with van der Waals surface area (Å²) in [4.78, 5) is 0. The molecule has 4 heteroatoms. The number of thiocarbonyl (C=S) groups is 1. The van der Waals surface area contributed by atoms with Gasteiger partial charge in [-0.3, -0.25) is 5.43 Å². The summed E-state index contributed by atoms with van der Waals surface area (Å²) >= 11 is 4.75. The summed E-state index contributed by atoms with van der Waals surface area (Å²) in [6, 6.07) is 8.80. The zero-order valence-corrected chi connectivity index (χ0v) is 13.7. The Labute approximate surface area is 131 Å². The fourth-order valence-corrected chi connectivity index (χ4v) is 2.56. The van der Waals surface area contributed by atoms with Gasteiger partial charge in [0.25, 0.3) is 0 Å². The molecule has 2 rings (SSSR count). The molecule has 110 valence electrons. The van der Waals surface area contributed by atoms with Gasteiger partial charge in [0.05, 0.1) is 6.21 Å². The van der Waals surface area contributed by atoms with Gasteiger partial charge < -0.3 is 5.73 Å². The van der Waals surface area contributed by atoms with Gasteiger partial charge in [0.1, 0.15) is 0 Å². The van der Waals surface area contributed by atoms with Crippen molar-refractivity contribution in [1.29, 1.82) is 0 Å². The minimum absolute atomic E-state index is 0.170. The largest absolute Gasteiger partial charge is 0.375 e. The summed E-state index contributed by atoms with van der Waals surface area (Å²) in [5.74, 6) is 0.502. The van der Waals surface area contributed by atoms with Crippen LogP contribution in [0.4, 0.5) is 0 Å². The molecule has 0 aromatic rings. The van der Waals surface area contributed by atoms with Gasteiger partial charge >= 0.3 is 0 Å². The monoisotopic (exact) mass is 299 g/mol. The Morgan fingerprint density at radius 1 is 1.24 bits per heavy atom. The summed E-state index contributed by atoms with van der Waals surface area (Å²) in [6.45, 7) is 8.68. The Balaban J connectivity index is 2.54. The van der Waals surface area contributed by atoms with Gasteiger partial charge in [0.15, 0.2) is 5.11 Å². The number of fused-ring (bicyclic) bond motifs is 1. The van der Waals surface area contributed by atoms with E-state index in [0.29, 0.717) is 5.92 Å². The smallest absolute Gasteiger partial charge is 0.184 e. The highest BCUT2D eigenvalue weighted by molar-refractivity contribution is 7.80. The molecule has 0 aromatic carbocycles. The second-order valence-electron chi connectivity index (χ2n) is 5.62. The van der Waals surface area contributed by atoms with Gasteiger partial charge in [-0.05, 0) is 65.9 Å². The van der Waals surface area contributed by atoms with Crippen molar-refractivity contribution in [3.05, 3.63) is 46.5 Å². The Kier molecular flexibility index (Phi) is 4.58. The summed E-state index contributed by atoms with van der Waals surface area (Å²) < 4.78 is 0. The highest BCUT2D eigenvalue weighted by Crippen LogP contribution is 2.35. The Hall–Kier alpha value is -1.94. The average molecular weight is 299 g/mol. The van der Waals surface area contributed by atoms with Gasteiger partial charge in [0, 0.05) is 5.56 Å². The van der Waals surface area contributed by atoms with E-state index >= 15 is 0 Å². The molecular formula is C17H21N3S. The molecule has 0 saturated heterocycles. The maximum absolute atomic E-state index is 5.38. The third kappa shape index (κ3) is 3.39. The van der Waals surface area contributed by atoms with Crippen molar-refractivity contribution in [3.8, 4) is 11.1 Å². The van der Waals surface area contributed by atoms with Crippen LogP contribution in [-0.2, 0) is 0 Å². The number of hydrazone groups is 1. The SMILES string of the molecule is Cc1cc(/C=N\NC(N)=S)c2c(C)ccc(C(C)C)cc1-2.